The molecule has 0 saturated carbocycles. The number of carbonyl (C=O) groups excluding carboxylic acids is 2. The van der Waals surface area contributed by atoms with E-state index < -0.39 is 11.2 Å². The quantitative estimate of drug-likeness (QED) is 0.728. The van der Waals surface area contributed by atoms with Gasteiger partial charge in [-0.2, -0.15) is 0 Å². The zero-order valence-corrected chi connectivity index (χ0v) is 16.1. The van der Waals surface area contributed by atoms with Gasteiger partial charge >= 0.3 is 0 Å². The van der Waals surface area contributed by atoms with Crippen molar-refractivity contribution in [2.75, 3.05) is 7.11 Å². The van der Waals surface area contributed by atoms with Crippen LogP contribution in [0.4, 0.5) is 0 Å². The first-order valence-electron chi connectivity index (χ1n) is 8.17. The molecule has 7 heteroatoms. The minimum Gasteiger partial charge on any atom is -0.497 e. The fourth-order valence-corrected chi connectivity index (χ4v) is 3.59. The van der Waals surface area contributed by atoms with Gasteiger partial charge in [0.25, 0.3) is 5.91 Å². The first-order chi connectivity index (χ1) is 12.3. The average Bonchev–Trinajstić information content (AvgIpc) is 2.59. The standard InChI is InChI=1S/C19H23N3O3S/c1-11-9-12(2)22-19(16(11)17(20)23)26-13(3)18(24)21-10-14-5-7-15(25-4)8-6-14/h5-9,13H,10H2,1-4H3,(H2,20,23)(H,21,24)/t13-/m0/s1. The highest BCUT2D eigenvalue weighted by molar-refractivity contribution is 8.00. The zero-order chi connectivity index (χ0) is 19.3. The summed E-state index contributed by atoms with van der Waals surface area (Å²) in [4.78, 5) is 28.5. The number of ether oxygens (including phenoxy) is 1. The normalized spacial score (nSPS) is 11.7. The first kappa shape index (κ1) is 19.8. The van der Waals surface area contributed by atoms with Gasteiger partial charge in [0.15, 0.2) is 0 Å². The molecule has 0 aliphatic rings. The smallest absolute Gasteiger partial charge is 0.251 e. The van der Waals surface area contributed by atoms with Crippen molar-refractivity contribution in [1.82, 2.24) is 10.3 Å². The molecule has 3 N–H and O–H groups in total. The van der Waals surface area contributed by atoms with Crippen LogP contribution in [0.25, 0.3) is 0 Å². The number of primary amides is 1. The number of nitrogens with one attached hydrogen (secondary N) is 1. The number of nitrogens with zero attached hydrogens (tertiary/aromatic N) is 1. The number of rotatable bonds is 7. The largest absolute Gasteiger partial charge is 0.497 e. The Morgan fingerprint density at radius 2 is 1.92 bits per heavy atom. The molecule has 0 bridgehead atoms. The number of carbonyl (C=O) groups is 2. The number of methoxy groups -OCH3 is 1. The molecule has 0 radical (unpaired) electrons. The molecule has 0 fully saturated rings. The van der Waals surface area contributed by atoms with Crippen molar-refractivity contribution in [2.24, 2.45) is 5.73 Å². The van der Waals surface area contributed by atoms with Crippen molar-refractivity contribution in [3.8, 4) is 5.75 Å². The average molecular weight is 373 g/mol. The Morgan fingerprint density at radius 1 is 1.27 bits per heavy atom. The van der Waals surface area contributed by atoms with Crippen LogP contribution < -0.4 is 15.8 Å². The lowest BCUT2D eigenvalue weighted by Gasteiger charge is -2.15. The zero-order valence-electron chi connectivity index (χ0n) is 15.3. The number of pyridine rings is 1. The van der Waals surface area contributed by atoms with Crippen molar-refractivity contribution in [3.63, 3.8) is 0 Å². The van der Waals surface area contributed by atoms with E-state index in [9.17, 15) is 9.59 Å². The molecular weight excluding hydrogens is 350 g/mol. The summed E-state index contributed by atoms with van der Waals surface area (Å²) in [6.07, 6.45) is 0. The maximum absolute atomic E-state index is 12.4. The Bertz CT molecular complexity index is 806. The lowest BCUT2D eigenvalue weighted by molar-refractivity contribution is -0.120. The highest BCUT2D eigenvalue weighted by atomic mass is 32.2. The van der Waals surface area contributed by atoms with E-state index in [2.05, 4.69) is 10.3 Å². The van der Waals surface area contributed by atoms with E-state index in [0.29, 0.717) is 17.1 Å². The van der Waals surface area contributed by atoms with Crippen molar-refractivity contribution in [1.29, 1.82) is 0 Å². The molecule has 6 nitrogen and oxygen atoms in total. The monoisotopic (exact) mass is 373 g/mol. The molecule has 2 aromatic rings. The Balaban J connectivity index is 2.03. The molecule has 0 saturated heterocycles. The topological polar surface area (TPSA) is 94.3 Å². The first-order valence-corrected chi connectivity index (χ1v) is 9.05. The van der Waals surface area contributed by atoms with Crippen LogP contribution >= 0.6 is 11.8 Å². The number of amides is 2. The van der Waals surface area contributed by atoms with E-state index >= 15 is 0 Å². The molecule has 138 valence electrons. The van der Waals surface area contributed by atoms with Gasteiger partial charge < -0.3 is 15.8 Å². The lowest BCUT2D eigenvalue weighted by Crippen LogP contribution is -2.30. The second-order valence-corrected chi connectivity index (χ2v) is 7.28. The van der Waals surface area contributed by atoms with Gasteiger partial charge in [0, 0.05) is 12.2 Å². The lowest BCUT2D eigenvalue weighted by atomic mass is 10.1. The fourth-order valence-electron chi connectivity index (χ4n) is 2.48. The van der Waals surface area contributed by atoms with Crippen LogP contribution in [0.5, 0.6) is 5.75 Å². The minimum atomic E-state index is -0.539. The van der Waals surface area contributed by atoms with E-state index in [4.69, 9.17) is 10.5 Å². The third kappa shape index (κ3) is 4.98. The van der Waals surface area contributed by atoms with Crippen LogP contribution in [0.1, 0.15) is 34.1 Å². The SMILES string of the molecule is COc1ccc(CNC(=O)[C@H](C)Sc2nc(C)cc(C)c2C(N)=O)cc1. The van der Waals surface area contributed by atoms with Crippen LogP contribution in [0.15, 0.2) is 35.4 Å². The van der Waals surface area contributed by atoms with Crippen LogP contribution in [0.3, 0.4) is 0 Å². The minimum absolute atomic E-state index is 0.137. The summed E-state index contributed by atoms with van der Waals surface area (Å²) in [7, 11) is 1.61. The molecule has 1 aromatic heterocycles. The van der Waals surface area contributed by atoms with Gasteiger partial charge in [-0.15, -0.1) is 0 Å². The van der Waals surface area contributed by atoms with Gasteiger partial charge in [-0.25, -0.2) is 4.98 Å². The molecule has 1 heterocycles. The summed E-state index contributed by atoms with van der Waals surface area (Å²) in [5, 5.41) is 2.96. The predicted octanol–water partition coefficient (Wildman–Crippen LogP) is 2.60. The number of hydrogen-bond donors (Lipinski definition) is 2. The van der Waals surface area contributed by atoms with E-state index in [-0.39, 0.29) is 5.91 Å². The second-order valence-electron chi connectivity index (χ2n) is 5.95. The molecule has 2 rings (SSSR count). The van der Waals surface area contributed by atoms with E-state index in [0.717, 1.165) is 22.6 Å². The van der Waals surface area contributed by atoms with Crippen LogP contribution in [0.2, 0.25) is 0 Å². The van der Waals surface area contributed by atoms with Gasteiger partial charge in [-0.05, 0) is 50.1 Å². The Morgan fingerprint density at radius 3 is 2.50 bits per heavy atom. The number of benzene rings is 1. The maximum atomic E-state index is 12.4. The molecule has 1 atom stereocenters. The highest BCUT2D eigenvalue weighted by Gasteiger charge is 2.20. The van der Waals surface area contributed by atoms with Crippen molar-refractivity contribution in [2.45, 2.75) is 37.6 Å². The highest BCUT2D eigenvalue weighted by Crippen LogP contribution is 2.27. The molecule has 0 aliphatic carbocycles. The van der Waals surface area contributed by atoms with Crippen LogP contribution in [-0.4, -0.2) is 29.2 Å². The Kier molecular flexibility index (Phi) is 6.63. The number of hydrogen-bond acceptors (Lipinski definition) is 5. The van der Waals surface area contributed by atoms with Crippen molar-refractivity contribution in [3.05, 3.63) is 52.7 Å². The fraction of sp³-hybridized carbons (Fsp3) is 0.316. The van der Waals surface area contributed by atoms with Gasteiger partial charge in [-0.1, -0.05) is 23.9 Å². The van der Waals surface area contributed by atoms with E-state index in [1.54, 1.807) is 20.1 Å². The third-order valence-electron chi connectivity index (χ3n) is 3.84. The molecule has 0 aliphatic heterocycles. The molecule has 0 spiro atoms. The Labute approximate surface area is 157 Å². The summed E-state index contributed by atoms with van der Waals surface area (Å²) < 4.78 is 5.11. The summed E-state index contributed by atoms with van der Waals surface area (Å²) >= 11 is 1.23. The van der Waals surface area contributed by atoms with E-state index in [1.165, 1.54) is 11.8 Å². The number of nitrogens with two attached hydrogens (primary N) is 1. The predicted molar refractivity (Wildman–Crippen MR) is 102 cm³/mol. The van der Waals surface area contributed by atoms with Gasteiger partial charge in [0.1, 0.15) is 10.8 Å². The summed E-state index contributed by atoms with van der Waals surface area (Å²) in [5.74, 6) is 0.0920. The molecular formula is C19H23N3O3S. The number of aromatic nitrogens is 1. The molecule has 1 aromatic carbocycles. The van der Waals surface area contributed by atoms with E-state index in [1.807, 2.05) is 38.1 Å². The van der Waals surface area contributed by atoms with Gasteiger partial charge in [0.2, 0.25) is 5.91 Å². The van der Waals surface area contributed by atoms with Crippen LogP contribution in [-0.2, 0) is 11.3 Å². The van der Waals surface area contributed by atoms with Crippen molar-refractivity contribution >= 4 is 23.6 Å². The second kappa shape index (κ2) is 8.71. The summed E-state index contributed by atoms with van der Waals surface area (Å²) in [6, 6.07) is 9.29. The summed E-state index contributed by atoms with van der Waals surface area (Å²) in [6.45, 7) is 5.85. The molecule has 26 heavy (non-hydrogen) atoms. The number of thioether (sulfide) groups is 1. The Hall–Kier alpha value is -2.54. The molecule has 2 amide bonds. The number of aryl methyl sites for hydroxylation is 2. The van der Waals surface area contributed by atoms with Gasteiger partial charge in [-0.3, -0.25) is 9.59 Å². The maximum Gasteiger partial charge on any atom is 0.251 e. The third-order valence-corrected chi connectivity index (χ3v) is 4.93. The molecule has 0 unspecified atom stereocenters. The van der Waals surface area contributed by atoms with Crippen LogP contribution in [0, 0.1) is 13.8 Å². The summed E-state index contributed by atoms with van der Waals surface area (Å²) in [5.41, 5.74) is 8.36. The van der Waals surface area contributed by atoms with Gasteiger partial charge in [0.05, 0.1) is 17.9 Å². The van der Waals surface area contributed by atoms with Crippen molar-refractivity contribution < 1.29 is 14.3 Å².